The first-order valence-electron chi connectivity index (χ1n) is 6.75. The molecule has 0 aliphatic heterocycles. The van der Waals surface area contributed by atoms with E-state index in [0.717, 1.165) is 12.1 Å². The van der Waals surface area contributed by atoms with E-state index in [2.05, 4.69) is 18.7 Å². The third-order valence-electron chi connectivity index (χ3n) is 3.53. The van der Waals surface area contributed by atoms with Gasteiger partial charge in [0.2, 0.25) is 0 Å². The molecule has 0 amide bonds. The van der Waals surface area contributed by atoms with Crippen LogP contribution in [0.2, 0.25) is 0 Å². The predicted molar refractivity (Wildman–Crippen MR) is 76.7 cm³/mol. The lowest BCUT2D eigenvalue weighted by molar-refractivity contribution is 0.0751. The van der Waals surface area contributed by atoms with E-state index in [1.54, 1.807) is 14.0 Å². The van der Waals surface area contributed by atoms with Crippen LogP contribution in [0.3, 0.4) is 0 Å². The summed E-state index contributed by atoms with van der Waals surface area (Å²) in [5.74, 6) is -0.174. The first-order valence-corrected chi connectivity index (χ1v) is 6.75. The average molecular weight is 268 g/mol. The molecule has 1 aromatic carbocycles. The summed E-state index contributed by atoms with van der Waals surface area (Å²) in [7, 11) is 1.70. The topological polar surface area (TPSA) is 38.5 Å². The number of hydrogen-bond donors (Lipinski definition) is 1. The molecular formula is C15H25FN2O. The van der Waals surface area contributed by atoms with Crippen molar-refractivity contribution < 1.29 is 9.13 Å². The van der Waals surface area contributed by atoms with Crippen LogP contribution in [-0.2, 0) is 4.74 Å². The van der Waals surface area contributed by atoms with Crippen LogP contribution in [-0.4, -0.2) is 37.7 Å². The summed E-state index contributed by atoms with van der Waals surface area (Å²) >= 11 is 0. The highest BCUT2D eigenvalue weighted by Crippen LogP contribution is 2.23. The Morgan fingerprint density at radius 2 is 2.11 bits per heavy atom. The second-order valence-corrected chi connectivity index (χ2v) is 4.89. The molecular weight excluding hydrogens is 243 g/mol. The Hall–Kier alpha value is -0.970. The fraction of sp³-hybridized carbons (Fsp3) is 0.600. The van der Waals surface area contributed by atoms with Crippen molar-refractivity contribution in [3.8, 4) is 0 Å². The van der Waals surface area contributed by atoms with Gasteiger partial charge in [0, 0.05) is 25.7 Å². The molecule has 2 unspecified atom stereocenters. The molecule has 2 atom stereocenters. The van der Waals surface area contributed by atoms with E-state index < -0.39 is 0 Å². The molecule has 108 valence electrons. The second-order valence-electron chi connectivity index (χ2n) is 4.89. The Balaban J connectivity index is 2.99. The Bertz CT molecular complexity index is 398. The molecule has 0 saturated heterocycles. The molecule has 0 spiro atoms. The van der Waals surface area contributed by atoms with Crippen LogP contribution in [0.4, 0.5) is 4.39 Å². The van der Waals surface area contributed by atoms with Gasteiger partial charge in [-0.15, -0.1) is 0 Å². The molecule has 0 aromatic heterocycles. The van der Waals surface area contributed by atoms with Gasteiger partial charge in [-0.2, -0.15) is 0 Å². The predicted octanol–water partition coefficient (Wildman–Crippen LogP) is 2.49. The monoisotopic (exact) mass is 268 g/mol. The van der Waals surface area contributed by atoms with E-state index in [-0.39, 0.29) is 17.9 Å². The first-order chi connectivity index (χ1) is 9.04. The third-order valence-corrected chi connectivity index (χ3v) is 3.53. The lowest BCUT2D eigenvalue weighted by Gasteiger charge is -2.35. The number of rotatable bonds is 7. The molecule has 0 heterocycles. The molecule has 2 N–H and O–H groups in total. The van der Waals surface area contributed by atoms with E-state index in [4.69, 9.17) is 10.5 Å². The van der Waals surface area contributed by atoms with Gasteiger partial charge >= 0.3 is 0 Å². The van der Waals surface area contributed by atoms with E-state index in [1.807, 2.05) is 12.1 Å². The quantitative estimate of drug-likeness (QED) is 0.825. The van der Waals surface area contributed by atoms with Gasteiger partial charge in [0.25, 0.3) is 0 Å². The van der Waals surface area contributed by atoms with Gasteiger partial charge in [-0.05, 0) is 37.6 Å². The summed E-state index contributed by atoms with van der Waals surface area (Å²) < 4.78 is 18.6. The van der Waals surface area contributed by atoms with Gasteiger partial charge in [-0.3, -0.25) is 4.90 Å². The number of hydrogen-bond acceptors (Lipinski definition) is 3. The minimum Gasteiger partial charge on any atom is -0.383 e. The Labute approximate surface area is 115 Å². The molecule has 19 heavy (non-hydrogen) atoms. The standard InChI is InChI=1S/C15H25FN2O/c1-5-18(12(3)10-19-4)15(9-17)13-6-7-14(16)11(2)8-13/h6-8,12,15H,5,9-10,17H2,1-4H3. The molecule has 1 aromatic rings. The first kappa shape index (κ1) is 16.1. The van der Waals surface area contributed by atoms with Crippen molar-refractivity contribution in [2.45, 2.75) is 32.9 Å². The molecule has 0 aliphatic rings. The summed E-state index contributed by atoms with van der Waals surface area (Å²) in [6, 6.07) is 5.59. The summed E-state index contributed by atoms with van der Waals surface area (Å²) in [5, 5.41) is 0. The van der Waals surface area contributed by atoms with Crippen molar-refractivity contribution in [2.24, 2.45) is 5.73 Å². The molecule has 1 rings (SSSR count). The molecule has 4 heteroatoms. The lowest BCUT2D eigenvalue weighted by atomic mass is 10.0. The van der Waals surface area contributed by atoms with E-state index in [1.165, 1.54) is 6.07 Å². The zero-order chi connectivity index (χ0) is 14.4. The molecule has 0 fully saturated rings. The largest absolute Gasteiger partial charge is 0.383 e. The average Bonchev–Trinajstić information content (AvgIpc) is 2.39. The number of aryl methyl sites for hydroxylation is 1. The zero-order valence-corrected chi connectivity index (χ0v) is 12.3. The number of nitrogens with zero attached hydrogens (tertiary/aromatic N) is 1. The highest BCUT2D eigenvalue weighted by atomic mass is 19.1. The fourth-order valence-electron chi connectivity index (χ4n) is 2.51. The summed E-state index contributed by atoms with van der Waals surface area (Å²) in [6.45, 7) is 8.04. The van der Waals surface area contributed by atoms with Crippen molar-refractivity contribution in [3.05, 3.63) is 35.1 Å². The van der Waals surface area contributed by atoms with Gasteiger partial charge in [0.1, 0.15) is 5.82 Å². The van der Waals surface area contributed by atoms with Crippen molar-refractivity contribution >= 4 is 0 Å². The highest BCUT2D eigenvalue weighted by Gasteiger charge is 2.23. The lowest BCUT2D eigenvalue weighted by Crippen LogP contribution is -2.42. The van der Waals surface area contributed by atoms with Crippen LogP contribution in [0.5, 0.6) is 0 Å². The van der Waals surface area contributed by atoms with Crippen LogP contribution in [0.15, 0.2) is 18.2 Å². The van der Waals surface area contributed by atoms with Gasteiger partial charge in [0.15, 0.2) is 0 Å². The maximum Gasteiger partial charge on any atom is 0.126 e. The molecule has 0 aliphatic carbocycles. The van der Waals surface area contributed by atoms with Crippen LogP contribution in [0.1, 0.15) is 31.0 Å². The van der Waals surface area contributed by atoms with Crippen molar-refractivity contribution in [2.75, 3.05) is 26.8 Å². The van der Waals surface area contributed by atoms with Crippen LogP contribution < -0.4 is 5.73 Å². The van der Waals surface area contributed by atoms with E-state index in [0.29, 0.717) is 18.7 Å². The minimum atomic E-state index is -0.174. The summed E-state index contributed by atoms with van der Waals surface area (Å²) in [6.07, 6.45) is 0. The van der Waals surface area contributed by atoms with Crippen molar-refractivity contribution in [1.29, 1.82) is 0 Å². The number of nitrogens with two attached hydrogens (primary N) is 1. The van der Waals surface area contributed by atoms with Gasteiger partial charge in [-0.1, -0.05) is 19.1 Å². The smallest absolute Gasteiger partial charge is 0.126 e. The number of halogens is 1. The highest BCUT2D eigenvalue weighted by molar-refractivity contribution is 5.27. The maximum atomic E-state index is 13.4. The third kappa shape index (κ3) is 4.00. The van der Waals surface area contributed by atoms with Crippen molar-refractivity contribution in [3.63, 3.8) is 0 Å². The molecule has 3 nitrogen and oxygen atoms in total. The van der Waals surface area contributed by atoms with E-state index >= 15 is 0 Å². The number of likely N-dealkylation sites (N-methyl/N-ethyl adjacent to an activating group) is 1. The minimum absolute atomic E-state index is 0.0921. The SMILES string of the molecule is CCN(C(C)COC)C(CN)c1ccc(F)c(C)c1. The fourth-order valence-corrected chi connectivity index (χ4v) is 2.51. The number of ether oxygens (including phenoxy) is 1. The Morgan fingerprint density at radius 3 is 2.58 bits per heavy atom. The molecule has 0 bridgehead atoms. The van der Waals surface area contributed by atoms with Crippen LogP contribution in [0, 0.1) is 12.7 Å². The number of benzene rings is 1. The van der Waals surface area contributed by atoms with Gasteiger partial charge in [-0.25, -0.2) is 4.39 Å². The number of methoxy groups -OCH3 is 1. The van der Waals surface area contributed by atoms with E-state index in [9.17, 15) is 4.39 Å². The molecule has 0 saturated carbocycles. The molecule has 0 radical (unpaired) electrons. The van der Waals surface area contributed by atoms with Gasteiger partial charge in [0.05, 0.1) is 6.61 Å². The normalized spacial score (nSPS) is 14.7. The summed E-state index contributed by atoms with van der Waals surface area (Å²) in [4.78, 5) is 2.29. The Morgan fingerprint density at radius 1 is 1.42 bits per heavy atom. The van der Waals surface area contributed by atoms with Gasteiger partial charge < -0.3 is 10.5 Å². The second kappa shape index (κ2) is 7.58. The van der Waals surface area contributed by atoms with Crippen LogP contribution in [0.25, 0.3) is 0 Å². The van der Waals surface area contributed by atoms with Crippen LogP contribution >= 0.6 is 0 Å². The summed E-state index contributed by atoms with van der Waals surface area (Å²) in [5.41, 5.74) is 7.65. The zero-order valence-electron chi connectivity index (χ0n) is 12.3. The van der Waals surface area contributed by atoms with Crippen molar-refractivity contribution in [1.82, 2.24) is 4.90 Å². The Kier molecular flexibility index (Phi) is 6.42. The maximum absolute atomic E-state index is 13.4.